The highest BCUT2D eigenvalue weighted by Crippen LogP contribution is 2.32. The molecule has 3 amide bonds. The Morgan fingerprint density at radius 2 is 1.84 bits per heavy atom. The number of hydrogen-bond acceptors (Lipinski definition) is 4. The summed E-state index contributed by atoms with van der Waals surface area (Å²) >= 11 is 0. The van der Waals surface area contributed by atoms with Gasteiger partial charge in [-0.1, -0.05) is 12.2 Å². The third-order valence-corrected chi connectivity index (χ3v) is 3.98. The van der Waals surface area contributed by atoms with Crippen molar-refractivity contribution >= 4 is 30.1 Å². The molecule has 0 aromatic rings. The maximum atomic E-state index is 12.1. The van der Waals surface area contributed by atoms with Crippen LogP contribution in [0.25, 0.3) is 0 Å². The minimum Gasteiger partial charge on any atom is -0.339 e. The molecular formula is C12H16ClN3O3. The van der Waals surface area contributed by atoms with E-state index in [-0.39, 0.29) is 48.0 Å². The number of nitrogens with zero attached hydrogens (tertiary/aromatic N) is 2. The Hall–Kier alpha value is -1.40. The minimum atomic E-state index is -0.336. The van der Waals surface area contributed by atoms with E-state index in [1.165, 1.54) is 11.9 Å². The van der Waals surface area contributed by atoms with Gasteiger partial charge in [0.1, 0.15) is 6.04 Å². The summed E-state index contributed by atoms with van der Waals surface area (Å²) in [6.45, 7) is 1.42. The van der Waals surface area contributed by atoms with Crippen LogP contribution in [0, 0.1) is 11.8 Å². The Bertz CT molecular complexity index is 441. The molecule has 0 bridgehead atoms. The first-order valence-electron chi connectivity index (χ1n) is 6.10. The lowest BCUT2D eigenvalue weighted by Gasteiger charge is -2.21. The first kappa shape index (κ1) is 14.0. The standard InChI is InChI=1S/C12H15N3O3.ClH/c1-14-10(16)7-5-15(6-8(7)11(14)17)12(18)9-3-2-4-13-9;/h2-3,7-9,13H,4-6H2,1H3;1H/t7-,8+,9?;. The van der Waals surface area contributed by atoms with E-state index in [9.17, 15) is 14.4 Å². The lowest BCUT2D eigenvalue weighted by Crippen LogP contribution is -2.44. The minimum absolute atomic E-state index is 0. The molecule has 7 heteroatoms. The highest BCUT2D eigenvalue weighted by Gasteiger charge is 2.52. The fourth-order valence-corrected chi connectivity index (χ4v) is 2.92. The summed E-state index contributed by atoms with van der Waals surface area (Å²) in [6.07, 6.45) is 3.73. The highest BCUT2D eigenvalue weighted by molar-refractivity contribution is 6.06. The van der Waals surface area contributed by atoms with E-state index in [0.29, 0.717) is 19.6 Å². The molecule has 3 aliphatic rings. The van der Waals surface area contributed by atoms with Crippen LogP contribution >= 0.6 is 12.4 Å². The fraction of sp³-hybridized carbons (Fsp3) is 0.583. The van der Waals surface area contributed by atoms with E-state index in [1.54, 1.807) is 4.90 Å². The summed E-state index contributed by atoms with van der Waals surface area (Å²) in [6, 6.07) is -0.299. The summed E-state index contributed by atoms with van der Waals surface area (Å²) in [5, 5.41) is 3.05. The number of hydrogen-bond donors (Lipinski definition) is 1. The molecule has 1 unspecified atom stereocenters. The largest absolute Gasteiger partial charge is 0.339 e. The zero-order valence-electron chi connectivity index (χ0n) is 10.5. The van der Waals surface area contributed by atoms with Crippen molar-refractivity contribution in [1.82, 2.24) is 15.1 Å². The molecule has 0 radical (unpaired) electrons. The van der Waals surface area contributed by atoms with Crippen molar-refractivity contribution < 1.29 is 14.4 Å². The average Bonchev–Trinajstić information content (AvgIpc) is 3.06. The lowest BCUT2D eigenvalue weighted by atomic mass is 10.00. The van der Waals surface area contributed by atoms with Crippen LogP contribution in [0.1, 0.15) is 0 Å². The topological polar surface area (TPSA) is 69.7 Å². The maximum Gasteiger partial charge on any atom is 0.243 e. The van der Waals surface area contributed by atoms with Crippen molar-refractivity contribution in [1.29, 1.82) is 0 Å². The van der Waals surface area contributed by atoms with Crippen LogP contribution in [0.4, 0.5) is 0 Å². The van der Waals surface area contributed by atoms with E-state index >= 15 is 0 Å². The van der Waals surface area contributed by atoms with Crippen LogP contribution in [0.3, 0.4) is 0 Å². The summed E-state index contributed by atoms with van der Waals surface area (Å²) < 4.78 is 0. The van der Waals surface area contributed by atoms with Crippen molar-refractivity contribution in [2.45, 2.75) is 6.04 Å². The van der Waals surface area contributed by atoms with Gasteiger partial charge < -0.3 is 4.90 Å². The molecule has 3 heterocycles. The van der Waals surface area contributed by atoms with Crippen LogP contribution in [0.5, 0.6) is 0 Å². The molecule has 0 aromatic heterocycles. The Balaban J connectivity index is 0.00000133. The fourth-order valence-electron chi connectivity index (χ4n) is 2.92. The molecule has 3 atom stereocenters. The second-order valence-corrected chi connectivity index (χ2v) is 5.01. The third-order valence-electron chi connectivity index (χ3n) is 3.98. The molecule has 0 aliphatic carbocycles. The molecule has 3 rings (SSSR count). The van der Waals surface area contributed by atoms with E-state index in [4.69, 9.17) is 0 Å². The molecule has 19 heavy (non-hydrogen) atoms. The Kier molecular flexibility index (Phi) is 3.64. The number of halogens is 1. The van der Waals surface area contributed by atoms with Gasteiger partial charge in [0.25, 0.3) is 0 Å². The normalized spacial score (nSPS) is 32.8. The van der Waals surface area contributed by atoms with Gasteiger partial charge in [0, 0.05) is 26.7 Å². The number of likely N-dealkylation sites (tertiary alicyclic amines) is 2. The van der Waals surface area contributed by atoms with Gasteiger partial charge in [0.2, 0.25) is 17.7 Å². The van der Waals surface area contributed by atoms with E-state index in [2.05, 4.69) is 5.32 Å². The zero-order chi connectivity index (χ0) is 12.9. The number of nitrogens with one attached hydrogen (secondary N) is 1. The van der Waals surface area contributed by atoms with Crippen molar-refractivity contribution in [2.75, 3.05) is 26.7 Å². The van der Waals surface area contributed by atoms with Crippen LogP contribution in [0.15, 0.2) is 12.2 Å². The molecule has 6 nitrogen and oxygen atoms in total. The van der Waals surface area contributed by atoms with Gasteiger partial charge >= 0.3 is 0 Å². The molecule has 0 aromatic carbocycles. The smallest absolute Gasteiger partial charge is 0.243 e. The van der Waals surface area contributed by atoms with Gasteiger partial charge in [-0.3, -0.25) is 24.6 Å². The number of carbonyl (C=O) groups excluding carboxylic acids is 3. The lowest BCUT2D eigenvalue weighted by molar-refractivity contribution is -0.139. The maximum absolute atomic E-state index is 12.1. The van der Waals surface area contributed by atoms with Gasteiger partial charge in [-0.2, -0.15) is 0 Å². The van der Waals surface area contributed by atoms with Crippen LogP contribution in [-0.2, 0) is 14.4 Å². The van der Waals surface area contributed by atoms with Gasteiger partial charge in [-0.05, 0) is 0 Å². The quantitative estimate of drug-likeness (QED) is 0.496. The zero-order valence-corrected chi connectivity index (χ0v) is 11.4. The van der Waals surface area contributed by atoms with Crippen molar-refractivity contribution in [2.24, 2.45) is 11.8 Å². The molecule has 1 N–H and O–H groups in total. The predicted molar refractivity (Wildman–Crippen MR) is 69.5 cm³/mol. The first-order valence-corrected chi connectivity index (χ1v) is 6.10. The summed E-state index contributed by atoms with van der Waals surface area (Å²) in [5.41, 5.74) is 0. The molecule has 0 spiro atoms. The summed E-state index contributed by atoms with van der Waals surface area (Å²) in [7, 11) is 1.51. The monoisotopic (exact) mass is 285 g/mol. The molecule has 2 saturated heterocycles. The van der Waals surface area contributed by atoms with Gasteiger partial charge in [0.05, 0.1) is 11.8 Å². The number of rotatable bonds is 1. The SMILES string of the molecule is CN1C(=O)[C@H]2CN(C(=O)C3C=CCN3)C[C@H]2C1=O.Cl. The van der Waals surface area contributed by atoms with Crippen LogP contribution < -0.4 is 5.32 Å². The van der Waals surface area contributed by atoms with Gasteiger partial charge in [-0.15, -0.1) is 12.4 Å². The van der Waals surface area contributed by atoms with E-state index in [0.717, 1.165) is 0 Å². The molecule has 0 saturated carbocycles. The number of amides is 3. The van der Waals surface area contributed by atoms with Crippen molar-refractivity contribution in [3.8, 4) is 0 Å². The van der Waals surface area contributed by atoms with Crippen LogP contribution in [0.2, 0.25) is 0 Å². The van der Waals surface area contributed by atoms with Gasteiger partial charge in [0.15, 0.2) is 0 Å². The third kappa shape index (κ3) is 2.04. The summed E-state index contributed by atoms with van der Waals surface area (Å²) in [5.74, 6) is -1.03. The Labute approximate surface area is 117 Å². The predicted octanol–water partition coefficient (Wildman–Crippen LogP) is -0.991. The van der Waals surface area contributed by atoms with Crippen molar-refractivity contribution in [3.63, 3.8) is 0 Å². The molecular weight excluding hydrogens is 270 g/mol. The number of carbonyl (C=O) groups is 3. The number of fused-ring (bicyclic) bond motifs is 1. The second kappa shape index (κ2) is 4.94. The van der Waals surface area contributed by atoms with E-state index in [1.807, 2.05) is 12.2 Å². The molecule has 3 aliphatic heterocycles. The van der Waals surface area contributed by atoms with E-state index < -0.39 is 0 Å². The molecule has 2 fully saturated rings. The first-order chi connectivity index (χ1) is 8.59. The average molecular weight is 286 g/mol. The Morgan fingerprint density at radius 1 is 1.26 bits per heavy atom. The van der Waals surface area contributed by atoms with Crippen molar-refractivity contribution in [3.05, 3.63) is 12.2 Å². The Morgan fingerprint density at radius 3 is 2.32 bits per heavy atom. The highest BCUT2D eigenvalue weighted by atomic mass is 35.5. The van der Waals surface area contributed by atoms with Gasteiger partial charge in [-0.25, -0.2) is 0 Å². The molecule has 104 valence electrons. The number of imide groups is 1. The summed E-state index contributed by atoms with van der Waals surface area (Å²) in [4.78, 5) is 38.6. The second-order valence-electron chi connectivity index (χ2n) is 5.01. The van der Waals surface area contributed by atoms with Crippen LogP contribution in [-0.4, -0.2) is 60.2 Å².